The van der Waals surface area contributed by atoms with Gasteiger partial charge in [-0.3, -0.25) is 10.1 Å². The minimum atomic E-state index is 0.705. The fourth-order valence-corrected chi connectivity index (χ4v) is 3.26. The van der Waals surface area contributed by atoms with Crippen molar-refractivity contribution in [3.05, 3.63) is 30.6 Å². The number of nitrogens with one attached hydrogen (secondary N) is 1. The van der Waals surface area contributed by atoms with Gasteiger partial charge in [-0.05, 0) is 18.6 Å². The van der Waals surface area contributed by atoms with Crippen molar-refractivity contribution in [3.8, 4) is 11.4 Å². The van der Waals surface area contributed by atoms with Gasteiger partial charge in [-0.15, -0.1) is 0 Å². The highest BCUT2D eigenvalue weighted by molar-refractivity contribution is 5.99. The minimum absolute atomic E-state index is 0.705. The molecule has 0 atom stereocenters. The number of H-pyrrole nitrogens is 1. The van der Waals surface area contributed by atoms with Crippen LogP contribution >= 0.6 is 0 Å². The molecule has 0 bridgehead atoms. The monoisotopic (exact) mass is 353 g/mol. The molecule has 26 heavy (non-hydrogen) atoms. The van der Waals surface area contributed by atoms with Gasteiger partial charge in [0.25, 0.3) is 0 Å². The molecular formula is C18H23N7O. The van der Waals surface area contributed by atoms with Gasteiger partial charge >= 0.3 is 0 Å². The summed E-state index contributed by atoms with van der Waals surface area (Å²) in [4.78, 5) is 11.7. The molecule has 0 unspecified atom stereocenters. The van der Waals surface area contributed by atoms with Gasteiger partial charge in [0.15, 0.2) is 0 Å². The van der Waals surface area contributed by atoms with E-state index in [4.69, 9.17) is 15.6 Å². The van der Waals surface area contributed by atoms with E-state index in [1.54, 1.807) is 17.4 Å². The van der Waals surface area contributed by atoms with Crippen molar-refractivity contribution in [2.45, 2.75) is 13.3 Å². The molecule has 0 saturated carbocycles. The fourth-order valence-electron chi connectivity index (χ4n) is 3.26. The first-order valence-electron chi connectivity index (χ1n) is 8.92. The van der Waals surface area contributed by atoms with Crippen LogP contribution < -0.4 is 15.8 Å². The summed E-state index contributed by atoms with van der Waals surface area (Å²) in [5, 5.41) is 9.82. The number of anilines is 2. The summed E-state index contributed by atoms with van der Waals surface area (Å²) >= 11 is 0. The molecule has 136 valence electrons. The van der Waals surface area contributed by atoms with Gasteiger partial charge in [0.2, 0.25) is 0 Å². The average molecular weight is 353 g/mol. The lowest BCUT2D eigenvalue weighted by molar-refractivity contribution is 0.122. The average Bonchev–Trinajstić information content (AvgIpc) is 3.22. The number of fused-ring (bicyclic) bond motifs is 1. The zero-order chi connectivity index (χ0) is 17.9. The molecule has 0 radical (unpaired) electrons. The molecule has 1 fully saturated rings. The Bertz CT molecular complexity index is 875. The number of nitrogens with zero attached hydrogens (tertiary/aromatic N) is 5. The van der Waals surface area contributed by atoms with Crippen LogP contribution in [0.1, 0.15) is 13.3 Å². The Morgan fingerprint density at radius 2 is 2.12 bits per heavy atom. The maximum absolute atomic E-state index is 6.36. The van der Waals surface area contributed by atoms with Crippen LogP contribution in [0.15, 0.2) is 30.6 Å². The molecule has 1 saturated heterocycles. The Morgan fingerprint density at radius 1 is 1.27 bits per heavy atom. The Kier molecular flexibility index (Phi) is 4.68. The van der Waals surface area contributed by atoms with E-state index >= 15 is 0 Å². The molecule has 4 heterocycles. The summed E-state index contributed by atoms with van der Waals surface area (Å²) in [6, 6.07) is 5.94. The Morgan fingerprint density at radius 3 is 2.85 bits per heavy atom. The van der Waals surface area contributed by atoms with Crippen molar-refractivity contribution >= 4 is 22.4 Å². The summed E-state index contributed by atoms with van der Waals surface area (Å²) in [7, 11) is 0. The van der Waals surface area contributed by atoms with E-state index in [2.05, 4.69) is 33.1 Å². The summed E-state index contributed by atoms with van der Waals surface area (Å²) in [5.74, 6) is 7.26. The third kappa shape index (κ3) is 3.09. The van der Waals surface area contributed by atoms with Crippen LogP contribution in [0.5, 0.6) is 0 Å². The molecule has 0 aliphatic carbocycles. The van der Waals surface area contributed by atoms with Crippen molar-refractivity contribution < 1.29 is 4.74 Å². The van der Waals surface area contributed by atoms with Crippen LogP contribution in [0.3, 0.4) is 0 Å². The van der Waals surface area contributed by atoms with Crippen molar-refractivity contribution in [1.82, 2.24) is 20.2 Å². The van der Waals surface area contributed by atoms with Crippen molar-refractivity contribution in [1.29, 1.82) is 0 Å². The topological polar surface area (TPSA) is 96.2 Å². The first kappa shape index (κ1) is 16.7. The number of hydrogen-bond acceptors (Lipinski definition) is 7. The zero-order valence-corrected chi connectivity index (χ0v) is 14.9. The number of rotatable bonds is 5. The van der Waals surface area contributed by atoms with Crippen LogP contribution in [0.25, 0.3) is 22.3 Å². The quantitative estimate of drug-likeness (QED) is 0.534. The Labute approximate surface area is 151 Å². The lowest BCUT2D eigenvalue weighted by Gasteiger charge is -2.29. The van der Waals surface area contributed by atoms with Crippen LogP contribution in [-0.4, -0.2) is 53.0 Å². The van der Waals surface area contributed by atoms with Gasteiger partial charge < -0.3 is 14.6 Å². The largest absolute Gasteiger partial charge is 0.378 e. The van der Waals surface area contributed by atoms with E-state index in [-0.39, 0.29) is 0 Å². The molecule has 0 spiro atoms. The summed E-state index contributed by atoms with van der Waals surface area (Å²) in [5.41, 5.74) is 3.40. The predicted octanol–water partition coefficient (Wildman–Crippen LogP) is 1.95. The Hall–Kier alpha value is -2.71. The van der Waals surface area contributed by atoms with Crippen molar-refractivity contribution in [2.75, 3.05) is 42.8 Å². The van der Waals surface area contributed by atoms with Gasteiger partial charge in [0, 0.05) is 43.5 Å². The lowest BCUT2D eigenvalue weighted by atomic mass is 10.1. The van der Waals surface area contributed by atoms with Gasteiger partial charge in [-0.2, -0.15) is 5.10 Å². The number of aromatic amines is 1. The molecule has 3 aromatic rings. The molecule has 3 N–H and O–H groups in total. The molecule has 4 rings (SSSR count). The highest BCUT2D eigenvalue weighted by Crippen LogP contribution is 2.33. The molecule has 8 nitrogen and oxygen atoms in total. The van der Waals surface area contributed by atoms with Crippen LogP contribution in [-0.2, 0) is 4.74 Å². The summed E-state index contributed by atoms with van der Waals surface area (Å²) in [6.45, 7) is 5.92. The van der Waals surface area contributed by atoms with Crippen LogP contribution in [0.2, 0.25) is 0 Å². The van der Waals surface area contributed by atoms with Gasteiger partial charge in [0.1, 0.15) is 17.0 Å². The summed E-state index contributed by atoms with van der Waals surface area (Å²) in [6.07, 6.45) is 4.47. The molecule has 1 aliphatic rings. The number of nitrogens with two attached hydrogens (primary N) is 1. The van der Waals surface area contributed by atoms with Gasteiger partial charge in [-0.1, -0.05) is 6.92 Å². The molecular weight excluding hydrogens is 330 g/mol. The highest BCUT2D eigenvalue weighted by Gasteiger charge is 2.19. The molecule has 8 heteroatoms. The lowest BCUT2D eigenvalue weighted by Crippen LogP contribution is -2.37. The highest BCUT2D eigenvalue weighted by atomic mass is 16.5. The Balaban J connectivity index is 1.91. The maximum atomic E-state index is 6.36. The second-order valence-corrected chi connectivity index (χ2v) is 6.32. The standard InChI is InChI=1S/C18H23N7O/c1-2-7-25(19)15-12-16(24-8-10-26-11-9-24)22-17-13(15)3-5-20-18(17)14-4-6-21-23-14/h3-6,12H,2,7-11,19H2,1H3,(H,21,23). The van der Waals surface area contributed by atoms with E-state index < -0.39 is 0 Å². The second-order valence-electron chi connectivity index (χ2n) is 6.32. The molecule has 1 aliphatic heterocycles. The third-order valence-corrected chi connectivity index (χ3v) is 4.56. The third-order valence-electron chi connectivity index (χ3n) is 4.56. The maximum Gasteiger partial charge on any atom is 0.131 e. The smallest absolute Gasteiger partial charge is 0.131 e. The number of hydrogen-bond donors (Lipinski definition) is 2. The first-order chi connectivity index (χ1) is 12.8. The minimum Gasteiger partial charge on any atom is -0.378 e. The van der Waals surface area contributed by atoms with Crippen LogP contribution in [0, 0.1) is 0 Å². The molecule has 0 aromatic carbocycles. The number of ether oxygens (including phenoxy) is 1. The van der Waals surface area contributed by atoms with Crippen molar-refractivity contribution in [2.24, 2.45) is 5.84 Å². The first-order valence-corrected chi connectivity index (χ1v) is 8.92. The number of pyridine rings is 2. The van der Waals surface area contributed by atoms with E-state index in [1.165, 1.54) is 0 Å². The zero-order valence-electron chi connectivity index (χ0n) is 14.9. The molecule has 0 amide bonds. The van der Waals surface area contributed by atoms with E-state index in [9.17, 15) is 0 Å². The fraction of sp³-hybridized carbons (Fsp3) is 0.389. The van der Waals surface area contributed by atoms with E-state index in [1.807, 2.05) is 12.1 Å². The van der Waals surface area contributed by atoms with E-state index in [0.29, 0.717) is 13.2 Å². The number of hydrazine groups is 1. The van der Waals surface area contributed by atoms with E-state index in [0.717, 1.165) is 59.9 Å². The normalized spacial score (nSPS) is 14.8. The number of morpholine rings is 1. The predicted molar refractivity (Wildman–Crippen MR) is 102 cm³/mol. The molecule has 3 aromatic heterocycles. The number of aromatic nitrogens is 4. The van der Waals surface area contributed by atoms with Crippen molar-refractivity contribution in [3.63, 3.8) is 0 Å². The SMILES string of the molecule is CCCN(N)c1cc(N2CCOCC2)nc2c(-c3ccn[nH]3)nccc12. The van der Waals surface area contributed by atoms with Gasteiger partial charge in [-0.25, -0.2) is 10.8 Å². The van der Waals surface area contributed by atoms with Gasteiger partial charge in [0.05, 0.1) is 24.6 Å². The summed E-state index contributed by atoms with van der Waals surface area (Å²) < 4.78 is 5.48. The second kappa shape index (κ2) is 7.27. The van der Waals surface area contributed by atoms with Crippen LogP contribution in [0.4, 0.5) is 11.5 Å².